The van der Waals surface area contributed by atoms with Gasteiger partial charge in [-0.05, 0) is 60.9 Å². The van der Waals surface area contributed by atoms with E-state index in [1.54, 1.807) is 31.2 Å². The molecule has 4 bridgehead atoms. The van der Waals surface area contributed by atoms with Crippen molar-refractivity contribution in [3.8, 4) is 28.7 Å². The van der Waals surface area contributed by atoms with Crippen molar-refractivity contribution in [2.75, 3.05) is 26.7 Å². The summed E-state index contributed by atoms with van der Waals surface area (Å²) in [4.78, 5) is 66.6. The third-order valence-corrected chi connectivity index (χ3v) is 7.60. The van der Waals surface area contributed by atoms with Gasteiger partial charge in [-0.1, -0.05) is 29.8 Å². The highest BCUT2D eigenvalue weighted by atomic mass is 16.3. The molecular weight excluding hydrogens is 592 g/mol. The molecule has 0 unspecified atom stereocenters. The van der Waals surface area contributed by atoms with Gasteiger partial charge in [0.05, 0.1) is 19.2 Å². The Balaban J connectivity index is 1.69. The molecule has 0 saturated carbocycles. The van der Waals surface area contributed by atoms with Crippen LogP contribution in [0.5, 0.6) is 11.5 Å². The summed E-state index contributed by atoms with van der Waals surface area (Å²) in [6.07, 6.45) is -0.0294. The molecule has 1 heterocycles. The summed E-state index contributed by atoms with van der Waals surface area (Å²) in [5.74, 6) is -3.64. The maximum absolute atomic E-state index is 13.6. The topological polar surface area (TPSA) is 201 Å². The van der Waals surface area contributed by atoms with Gasteiger partial charge in [-0.15, -0.1) is 0 Å². The van der Waals surface area contributed by atoms with Gasteiger partial charge in [0, 0.05) is 30.2 Å². The Bertz CT molecular complexity index is 1750. The monoisotopic (exact) mass is 626 g/mol. The van der Waals surface area contributed by atoms with Gasteiger partial charge in [-0.3, -0.25) is 24.0 Å². The second-order valence-electron chi connectivity index (χ2n) is 11.0. The number of nitrogens with one attached hydrogen (secondary N) is 4. The fraction of sp³-hybridized carbons (Fsp3) is 0.273. The van der Waals surface area contributed by atoms with Crippen molar-refractivity contribution in [3.05, 3.63) is 82.4 Å². The third-order valence-electron chi connectivity index (χ3n) is 7.60. The quantitative estimate of drug-likeness (QED) is 0.218. The molecule has 13 heteroatoms. The highest BCUT2D eigenvalue weighted by molar-refractivity contribution is 5.99. The first-order valence-electron chi connectivity index (χ1n) is 14.4. The number of aryl methyl sites for hydroxylation is 2. The number of benzene rings is 3. The molecule has 5 amide bonds. The van der Waals surface area contributed by atoms with Gasteiger partial charge in [0.15, 0.2) is 0 Å². The van der Waals surface area contributed by atoms with Crippen molar-refractivity contribution in [1.29, 1.82) is 5.26 Å². The molecule has 0 fully saturated rings. The molecule has 1 aliphatic rings. The summed E-state index contributed by atoms with van der Waals surface area (Å²) in [6, 6.07) is 13.2. The molecule has 0 aliphatic carbocycles. The number of nitrogens with zero attached hydrogens (tertiary/aromatic N) is 2. The van der Waals surface area contributed by atoms with Crippen molar-refractivity contribution < 1.29 is 34.2 Å². The van der Waals surface area contributed by atoms with Gasteiger partial charge in [0.1, 0.15) is 30.1 Å². The van der Waals surface area contributed by atoms with Crippen LogP contribution < -0.4 is 21.3 Å². The first-order valence-corrected chi connectivity index (χ1v) is 14.4. The van der Waals surface area contributed by atoms with Gasteiger partial charge >= 0.3 is 0 Å². The normalized spacial score (nSPS) is 16.1. The van der Waals surface area contributed by atoms with Gasteiger partial charge in [-0.2, -0.15) is 5.26 Å². The molecule has 2 atom stereocenters. The molecule has 0 saturated heterocycles. The van der Waals surface area contributed by atoms with Crippen molar-refractivity contribution in [2.24, 2.45) is 0 Å². The molecule has 0 aromatic heterocycles. The first kappa shape index (κ1) is 33.0. The average Bonchev–Trinajstić information content (AvgIpc) is 3.02. The predicted octanol–water partition coefficient (Wildman–Crippen LogP) is 1.11. The number of hydrogen-bond acceptors (Lipinski definition) is 8. The second kappa shape index (κ2) is 14.3. The van der Waals surface area contributed by atoms with Gasteiger partial charge < -0.3 is 36.4 Å². The van der Waals surface area contributed by atoms with Gasteiger partial charge in [0.2, 0.25) is 23.6 Å². The zero-order valence-corrected chi connectivity index (χ0v) is 25.5. The van der Waals surface area contributed by atoms with Crippen molar-refractivity contribution >= 4 is 29.5 Å². The van der Waals surface area contributed by atoms with E-state index in [1.165, 1.54) is 37.4 Å². The number of nitriles is 1. The zero-order chi connectivity index (χ0) is 33.5. The standard InChI is InChI=1S/C33H34N6O7/c1-18-4-7-22(19(2)12-18)31(44)37-17-29(43)39(3)30-21-6-9-27(41)24(15-21)23-13-20(5-8-26(23)40)14-25(32(45)35-11-10-34)38-28(42)16-36-33(30)46/h4-9,12-13,15,25,30,40-41H,11,14,16-17H2,1-3H3,(H,35,45)(H,36,46)(H,37,44)(H,38,42)/t25-,30-/m0/s1. The molecule has 238 valence electrons. The lowest BCUT2D eigenvalue weighted by Gasteiger charge is -2.29. The fourth-order valence-corrected chi connectivity index (χ4v) is 5.21. The van der Waals surface area contributed by atoms with Crippen LogP contribution in [0, 0.1) is 25.2 Å². The summed E-state index contributed by atoms with van der Waals surface area (Å²) in [6.45, 7) is 2.39. The van der Waals surface area contributed by atoms with Crippen molar-refractivity contribution in [3.63, 3.8) is 0 Å². The van der Waals surface area contributed by atoms with E-state index in [2.05, 4.69) is 21.3 Å². The number of fused-ring (bicyclic) bond motifs is 5. The van der Waals surface area contributed by atoms with Crippen LogP contribution in [0.15, 0.2) is 54.6 Å². The van der Waals surface area contributed by atoms with E-state index in [-0.39, 0.29) is 41.2 Å². The number of rotatable bonds is 6. The van der Waals surface area contributed by atoms with Crippen LogP contribution >= 0.6 is 0 Å². The number of phenolic OH excluding ortho intramolecular Hbond substituents is 2. The van der Waals surface area contributed by atoms with Gasteiger partial charge in [-0.25, -0.2) is 0 Å². The highest BCUT2D eigenvalue weighted by Crippen LogP contribution is 2.38. The largest absolute Gasteiger partial charge is 0.507 e. The summed E-state index contributed by atoms with van der Waals surface area (Å²) < 4.78 is 0. The molecule has 13 nitrogen and oxygen atoms in total. The lowest BCUT2D eigenvalue weighted by Crippen LogP contribution is -2.52. The molecule has 4 rings (SSSR count). The Morgan fingerprint density at radius 3 is 2.37 bits per heavy atom. The smallest absolute Gasteiger partial charge is 0.251 e. The second-order valence-corrected chi connectivity index (χ2v) is 11.0. The molecule has 1 aliphatic heterocycles. The molecule has 6 N–H and O–H groups in total. The Morgan fingerprint density at radius 1 is 0.978 bits per heavy atom. The summed E-state index contributed by atoms with van der Waals surface area (Å²) in [5, 5.41) is 40.4. The number of carbonyl (C=O) groups excluding carboxylic acids is 5. The van der Waals surface area contributed by atoms with E-state index in [9.17, 15) is 34.2 Å². The fourth-order valence-electron chi connectivity index (χ4n) is 5.21. The van der Waals surface area contributed by atoms with Crippen molar-refractivity contribution in [2.45, 2.75) is 32.4 Å². The van der Waals surface area contributed by atoms with Crippen LogP contribution in [0.2, 0.25) is 0 Å². The van der Waals surface area contributed by atoms with Crippen LogP contribution in [-0.4, -0.2) is 77.4 Å². The van der Waals surface area contributed by atoms with Crippen LogP contribution in [0.3, 0.4) is 0 Å². The van der Waals surface area contributed by atoms with E-state index in [0.29, 0.717) is 11.1 Å². The SMILES string of the molecule is Cc1ccc(C(=O)NCC(=O)N(C)[C@@H]2C(=O)NCC(=O)N[C@H](C(=O)NCC#N)Cc3ccc(O)c(c3)-c3cc2ccc3O)c(C)c1. The molecule has 3 aromatic carbocycles. The Hall–Kier alpha value is -5.90. The summed E-state index contributed by atoms with van der Waals surface area (Å²) >= 11 is 0. The number of amides is 5. The third kappa shape index (κ3) is 7.59. The van der Waals surface area contributed by atoms with Crippen molar-refractivity contribution in [1.82, 2.24) is 26.2 Å². The number of hydrogen-bond donors (Lipinski definition) is 6. The summed E-state index contributed by atoms with van der Waals surface area (Å²) in [5.41, 5.74) is 3.18. The van der Waals surface area contributed by atoms with E-state index in [4.69, 9.17) is 5.26 Å². The van der Waals surface area contributed by atoms with Crippen LogP contribution in [0.4, 0.5) is 0 Å². The highest BCUT2D eigenvalue weighted by Gasteiger charge is 2.31. The summed E-state index contributed by atoms with van der Waals surface area (Å²) in [7, 11) is 1.36. The first-order chi connectivity index (χ1) is 21.9. The number of likely N-dealkylation sites (N-methyl/N-ethyl adjacent to an activating group) is 1. The van der Waals surface area contributed by atoms with Crippen LogP contribution in [0.25, 0.3) is 11.1 Å². The minimum atomic E-state index is -1.33. The lowest BCUT2D eigenvalue weighted by atomic mass is 9.94. The van der Waals surface area contributed by atoms with E-state index >= 15 is 0 Å². The minimum Gasteiger partial charge on any atom is -0.507 e. The minimum absolute atomic E-state index is 0.0294. The maximum atomic E-state index is 13.6. The number of carbonyl (C=O) groups is 5. The number of aromatic hydroxyl groups is 2. The molecule has 0 radical (unpaired) electrons. The van der Waals surface area contributed by atoms with E-state index in [0.717, 1.165) is 16.0 Å². The van der Waals surface area contributed by atoms with Crippen LogP contribution in [0.1, 0.15) is 38.7 Å². The Morgan fingerprint density at radius 2 is 1.67 bits per heavy atom. The molecule has 46 heavy (non-hydrogen) atoms. The zero-order valence-electron chi connectivity index (χ0n) is 25.5. The molecule has 3 aromatic rings. The predicted molar refractivity (Wildman–Crippen MR) is 166 cm³/mol. The Labute approximate surface area is 265 Å². The van der Waals surface area contributed by atoms with E-state index in [1.807, 2.05) is 13.0 Å². The van der Waals surface area contributed by atoms with E-state index < -0.39 is 54.7 Å². The molecular formula is C33H34N6O7. The molecule has 0 spiro atoms. The average molecular weight is 627 g/mol. The lowest BCUT2D eigenvalue weighted by molar-refractivity contribution is -0.139. The van der Waals surface area contributed by atoms with Gasteiger partial charge in [0.25, 0.3) is 5.91 Å². The number of phenols is 2. The van der Waals surface area contributed by atoms with Crippen LogP contribution in [-0.2, 0) is 25.6 Å². The Kier molecular flexibility index (Phi) is 10.2. The maximum Gasteiger partial charge on any atom is 0.251 e.